The predicted octanol–water partition coefficient (Wildman–Crippen LogP) is 3.94. The van der Waals surface area contributed by atoms with E-state index in [0.717, 1.165) is 23.1 Å². The molecule has 1 aliphatic rings. The Bertz CT molecular complexity index is 909. The van der Waals surface area contributed by atoms with Crippen molar-refractivity contribution in [3.8, 4) is 11.3 Å². The number of aromatic nitrogens is 1. The number of hydrogen-bond donors (Lipinski definition) is 1. The molecular formula is C20H23N3O4S. The number of anilines is 1. The number of carbonyl (C=O) groups excluding carboxylic acids is 3. The fourth-order valence-electron chi connectivity index (χ4n) is 3.50. The number of hydrogen-bond acceptors (Lipinski definition) is 6. The molecule has 0 unspecified atom stereocenters. The smallest absolute Gasteiger partial charge is 0.407 e. The summed E-state index contributed by atoms with van der Waals surface area (Å²) in [7, 11) is 0. The maximum atomic E-state index is 12.2. The topological polar surface area (TPSA) is 88.6 Å². The Hall–Kier alpha value is -2.74. The summed E-state index contributed by atoms with van der Waals surface area (Å²) in [6.07, 6.45) is 0.576. The standard InChI is InChI=1S/C20H23N3O4S/c1-11(2)27-20(26)22-16-7-12(3)23(13(4)25)18-6-5-14(8-15(16)18)17-10-28-19(9-24)21-17/h5-6,8-12,16H,7H2,1-4H3,(H,22,26)/t12-,16+/m0/s1. The number of ether oxygens (including phenoxy) is 1. The van der Waals surface area contributed by atoms with E-state index in [2.05, 4.69) is 10.3 Å². The number of rotatable bonds is 4. The van der Waals surface area contributed by atoms with Gasteiger partial charge in [0.2, 0.25) is 5.91 Å². The van der Waals surface area contributed by atoms with Gasteiger partial charge in [-0.25, -0.2) is 9.78 Å². The maximum Gasteiger partial charge on any atom is 0.407 e. The number of nitrogens with one attached hydrogen (secondary N) is 1. The van der Waals surface area contributed by atoms with Crippen molar-refractivity contribution in [1.29, 1.82) is 0 Å². The van der Waals surface area contributed by atoms with Crippen molar-refractivity contribution in [3.63, 3.8) is 0 Å². The van der Waals surface area contributed by atoms with E-state index in [0.29, 0.717) is 17.1 Å². The highest BCUT2D eigenvalue weighted by molar-refractivity contribution is 7.11. The minimum Gasteiger partial charge on any atom is -0.447 e. The number of nitrogens with zero attached hydrogens (tertiary/aromatic N) is 2. The summed E-state index contributed by atoms with van der Waals surface area (Å²) in [6, 6.07) is 5.29. The summed E-state index contributed by atoms with van der Waals surface area (Å²) in [5.74, 6) is -0.0541. The molecule has 2 atom stereocenters. The van der Waals surface area contributed by atoms with E-state index in [1.165, 1.54) is 18.3 Å². The Balaban J connectivity index is 2.01. The van der Waals surface area contributed by atoms with Crippen LogP contribution < -0.4 is 10.2 Å². The van der Waals surface area contributed by atoms with Crippen LogP contribution in [0.5, 0.6) is 0 Å². The van der Waals surface area contributed by atoms with Gasteiger partial charge in [0.15, 0.2) is 11.3 Å². The van der Waals surface area contributed by atoms with E-state index in [4.69, 9.17) is 4.74 Å². The molecule has 28 heavy (non-hydrogen) atoms. The Morgan fingerprint density at radius 2 is 2.14 bits per heavy atom. The third kappa shape index (κ3) is 4.06. The average Bonchev–Trinajstić information content (AvgIpc) is 3.09. The number of benzene rings is 1. The van der Waals surface area contributed by atoms with Crippen molar-refractivity contribution < 1.29 is 19.1 Å². The second-order valence-electron chi connectivity index (χ2n) is 7.09. The molecule has 1 N–H and O–H groups in total. The van der Waals surface area contributed by atoms with Crippen LogP contribution in [0.25, 0.3) is 11.3 Å². The monoisotopic (exact) mass is 401 g/mol. The molecule has 0 spiro atoms. The largest absolute Gasteiger partial charge is 0.447 e. The van der Waals surface area contributed by atoms with Gasteiger partial charge in [-0.05, 0) is 44.9 Å². The highest BCUT2D eigenvalue weighted by atomic mass is 32.1. The van der Waals surface area contributed by atoms with Crippen molar-refractivity contribution in [2.24, 2.45) is 0 Å². The van der Waals surface area contributed by atoms with E-state index in [1.54, 1.807) is 18.7 Å². The van der Waals surface area contributed by atoms with Gasteiger partial charge in [-0.1, -0.05) is 6.07 Å². The van der Waals surface area contributed by atoms with Crippen LogP contribution in [0.15, 0.2) is 23.6 Å². The van der Waals surface area contributed by atoms with E-state index >= 15 is 0 Å². The molecule has 1 aromatic carbocycles. The van der Waals surface area contributed by atoms with Gasteiger partial charge in [0.05, 0.1) is 17.8 Å². The van der Waals surface area contributed by atoms with Gasteiger partial charge < -0.3 is 15.0 Å². The van der Waals surface area contributed by atoms with Crippen molar-refractivity contribution in [3.05, 3.63) is 34.2 Å². The number of carbonyl (C=O) groups is 3. The Kier molecular flexibility index (Phi) is 5.79. The lowest BCUT2D eigenvalue weighted by Crippen LogP contribution is -2.45. The fraction of sp³-hybridized carbons (Fsp3) is 0.400. The van der Waals surface area contributed by atoms with Crippen molar-refractivity contribution in [2.75, 3.05) is 4.90 Å². The number of alkyl carbamates (subject to hydrolysis) is 1. The molecule has 0 radical (unpaired) electrons. The number of thiazole rings is 1. The highest BCUT2D eigenvalue weighted by Gasteiger charge is 2.34. The fourth-order valence-corrected chi connectivity index (χ4v) is 4.13. The summed E-state index contributed by atoms with van der Waals surface area (Å²) in [5, 5.41) is 5.14. The third-order valence-electron chi connectivity index (χ3n) is 4.57. The highest BCUT2D eigenvalue weighted by Crippen LogP contribution is 2.39. The second kappa shape index (κ2) is 8.10. The van der Waals surface area contributed by atoms with Gasteiger partial charge in [-0.2, -0.15) is 0 Å². The van der Waals surface area contributed by atoms with Gasteiger partial charge in [0.1, 0.15) is 0 Å². The molecule has 1 aromatic heterocycles. The summed E-state index contributed by atoms with van der Waals surface area (Å²) in [6.45, 7) is 7.07. The zero-order valence-corrected chi connectivity index (χ0v) is 17.1. The van der Waals surface area contributed by atoms with Gasteiger partial charge in [-0.15, -0.1) is 11.3 Å². The summed E-state index contributed by atoms with van der Waals surface area (Å²) in [5.41, 5.74) is 3.10. The molecule has 2 aromatic rings. The van der Waals surface area contributed by atoms with Gasteiger partial charge >= 0.3 is 6.09 Å². The van der Waals surface area contributed by atoms with Gasteiger partial charge in [0, 0.05) is 29.6 Å². The van der Waals surface area contributed by atoms with Crippen LogP contribution in [-0.4, -0.2) is 35.4 Å². The van der Waals surface area contributed by atoms with Crippen molar-refractivity contribution in [2.45, 2.75) is 52.3 Å². The van der Waals surface area contributed by atoms with E-state index < -0.39 is 6.09 Å². The van der Waals surface area contributed by atoms with Crippen LogP contribution in [0.3, 0.4) is 0 Å². The van der Waals surface area contributed by atoms with Crippen LogP contribution in [0.4, 0.5) is 10.5 Å². The molecule has 7 nitrogen and oxygen atoms in total. The summed E-state index contributed by atoms with van der Waals surface area (Å²) < 4.78 is 5.23. The van der Waals surface area contributed by atoms with Crippen LogP contribution in [-0.2, 0) is 9.53 Å². The Labute approximate surface area is 167 Å². The first-order valence-corrected chi connectivity index (χ1v) is 10.00. The van der Waals surface area contributed by atoms with Crippen LogP contribution in [0.1, 0.15) is 55.5 Å². The molecule has 1 aliphatic heterocycles. The first kappa shape index (κ1) is 20.0. The predicted molar refractivity (Wildman–Crippen MR) is 108 cm³/mol. The normalized spacial score (nSPS) is 18.5. The van der Waals surface area contributed by atoms with Gasteiger partial charge in [0.25, 0.3) is 0 Å². The Morgan fingerprint density at radius 1 is 1.39 bits per heavy atom. The van der Waals surface area contributed by atoms with E-state index in [-0.39, 0.29) is 24.1 Å². The molecule has 0 fully saturated rings. The zero-order valence-electron chi connectivity index (χ0n) is 16.3. The molecule has 0 saturated carbocycles. The molecule has 2 amide bonds. The Morgan fingerprint density at radius 3 is 2.75 bits per heavy atom. The van der Waals surface area contributed by atoms with Crippen molar-refractivity contribution >= 4 is 35.3 Å². The zero-order chi connectivity index (χ0) is 20.4. The minimum atomic E-state index is -0.489. The van der Waals surface area contributed by atoms with Crippen LogP contribution in [0.2, 0.25) is 0 Å². The summed E-state index contributed by atoms with van der Waals surface area (Å²) >= 11 is 1.27. The molecule has 2 heterocycles. The van der Waals surface area contributed by atoms with E-state index in [9.17, 15) is 14.4 Å². The number of aldehydes is 1. The average molecular weight is 401 g/mol. The third-order valence-corrected chi connectivity index (χ3v) is 5.34. The first-order valence-electron chi connectivity index (χ1n) is 9.12. The number of amides is 2. The number of fused-ring (bicyclic) bond motifs is 1. The minimum absolute atomic E-state index is 0.0541. The van der Waals surface area contributed by atoms with Crippen molar-refractivity contribution in [1.82, 2.24) is 10.3 Å². The molecule has 8 heteroatoms. The molecule has 148 valence electrons. The molecule has 3 rings (SSSR count). The van der Waals surface area contributed by atoms with E-state index in [1.807, 2.05) is 30.5 Å². The quantitative estimate of drug-likeness (QED) is 0.784. The molecular weight excluding hydrogens is 378 g/mol. The molecule has 0 saturated heterocycles. The summed E-state index contributed by atoms with van der Waals surface area (Å²) in [4.78, 5) is 41.4. The molecule has 0 bridgehead atoms. The lowest BCUT2D eigenvalue weighted by atomic mass is 9.90. The van der Waals surface area contributed by atoms with Crippen LogP contribution in [0, 0.1) is 0 Å². The maximum absolute atomic E-state index is 12.2. The molecule has 0 aliphatic carbocycles. The lowest BCUT2D eigenvalue weighted by Gasteiger charge is -2.39. The lowest BCUT2D eigenvalue weighted by molar-refractivity contribution is -0.117. The first-order chi connectivity index (χ1) is 13.3. The SMILES string of the molecule is CC(=O)N1c2ccc(-c3csc(C=O)n3)cc2[C@H](NC(=O)OC(C)C)C[C@@H]1C. The second-order valence-corrected chi connectivity index (χ2v) is 7.98. The van der Waals surface area contributed by atoms with Crippen LogP contribution >= 0.6 is 11.3 Å². The van der Waals surface area contributed by atoms with Gasteiger partial charge in [-0.3, -0.25) is 9.59 Å².